The first-order valence-corrected chi connectivity index (χ1v) is 19.0. The quantitative estimate of drug-likeness (QED) is 0.107. The molecule has 0 spiro atoms. The van der Waals surface area contributed by atoms with E-state index in [1.165, 1.54) is 7.11 Å². The Kier molecular flexibility index (Phi) is 14.2. The first-order valence-electron chi connectivity index (χ1n) is 17.9. The molecule has 0 aliphatic carbocycles. The van der Waals surface area contributed by atoms with E-state index in [0.717, 1.165) is 25.8 Å². The minimum atomic E-state index is -1.65. The lowest BCUT2D eigenvalue weighted by Crippen LogP contribution is -2.67. The molecule has 1 amide bonds. The zero-order valence-corrected chi connectivity index (χ0v) is 32.6. The summed E-state index contributed by atoms with van der Waals surface area (Å²) in [6.45, 7) is 1.91. The first kappa shape index (κ1) is 40.3. The molecule has 2 aliphatic heterocycles. The van der Waals surface area contributed by atoms with Gasteiger partial charge in [-0.25, -0.2) is 9.59 Å². The molecule has 2 heterocycles. The van der Waals surface area contributed by atoms with Crippen molar-refractivity contribution in [1.29, 1.82) is 5.26 Å². The molecule has 2 aliphatic rings. The van der Waals surface area contributed by atoms with Crippen LogP contribution < -0.4 is 5.32 Å². The maximum absolute atomic E-state index is 13.1. The Hall–Kier alpha value is -4.40. The molecule has 55 heavy (non-hydrogen) atoms. The number of hydrogen-bond acceptors (Lipinski definition) is 11. The minimum absolute atomic E-state index is 0.00590. The van der Waals surface area contributed by atoms with Gasteiger partial charge in [0.05, 0.1) is 33.0 Å². The van der Waals surface area contributed by atoms with E-state index in [2.05, 4.69) is 34.0 Å². The number of nitrogens with one attached hydrogen (secondary N) is 1. The summed E-state index contributed by atoms with van der Waals surface area (Å²) in [5, 5.41) is 13.1. The fourth-order valence-electron chi connectivity index (χ4n) is 6.39. The monoisotopic (exact) mass is 862 g/mol. The number of nitrogens with zero attached hydrogens (tertiary/aromatic N) is 1. The molecule has 0 saturated carbocycles. The Morgan fingerprint density at radius 3 is 2.00 bits per heavy atom. The molecule has 13 heteroatoms. The first-order chi connectivity index (χ1) is 26.8. The highest BCUT2D eigenvalue weighted by atomic mass is 127. The van der Waals surface area contributed by atoms with Crippen LogP contribution in [0.25, 0.3) is 0 Å². The van der Waals surface area contributed by atoms with Crippen LogP contribution in [0.1, 0.15) is 29.2 Å². The Labute approximate surface area is 334 Å². The maximum Gasteiger partial charge on any atom is 0.408 e. The highest BCUT2D eigenvalue weighted by molar-refractivity contribution is 14.1. The van der Waals surface area contributed by atoms with Gasteiger partial charge < -0.3 is 43.2 Å². The van der Waals surface area contributed by atoms with Crippen LogP contribution in [0, 0.1) is 14.9 Å². The van der Waals surface area contributed by atoms with E-state index < -0.39 is 60.7 Å². The molecule has 1 N–H and O–H groups in total. The molecule has 12 nitrogen and oxygen atoms in total. The van der Waals surface area contributed by atoms with E-state index in [1.54, 1.807) is 6.92 Å². The zero-order chi connectivity index (χ0) is 38.6. The van der Waals surface area contributed by atoms with Gasteiger partial charge in [0, 0.05) is 9.99 Å². The molecule has 1 unspecified atom stereocenters. The Balaban J connectivity index is 1.28. The summed E-state index contributed by atoms with van der Waals surface area (Å²) >= 11 is 2.23. The SMILES string of the molecule is COC(=O)[C@@H](NC(=O)OCc1ccccc1)[C@@H](C)O[C@@H]1O[C@@H]2COC(C#N)(Cc3ccccc3I)O[C@H]2[C@H](OCc2ccccc2)[C@@H]1OCc1ccccc1. The number of alkyl carbamates (subject to hydrolysis) is 1. The molecule has 0 radical (unpaired) electrons. The van der Waals surface area contributed by atoms with Gasteiger partial charge in [-0.1, -0.05) is 109 Å². The van der Waals surface area contributed by atoms with E-state index in [9.17, 15) is 14.9 Å². The normalized spacial score (nSPS) is 24.4. The van der Waals surface area contributed by atoms with Crippen molar-refractivity contribution in [2.75, 3.05) is 13.7 Å². The van der Waals surface area contributed by atoms with Crippen molar-refractivity contribution in [3.05, 3.63) is 141 Å². The number of hydrogen-bond donors (Lipinski definition) is 1. The number of halogens is 1. The molecule has 0 aromatic heterocycles. The van der Waals surface area contributed by atoms with Gasteiger partial charge in [-0.2, -0.15) is 5.26 Å². The molecule has 6 rings (SSSR count). The summed E-state index contributed by atoms with van der Waals surface area (Å²) in [5.74, 6) is -2.40. The topological polar surface area (TPSA) is 144 Å². The molecule has 4 aromatic rings. The summed E-state index contributed by atoms with van der Waals surface area (Å²) < 4.78 is 50.5. The lowest BCUT2D eigenvalue weighted by molar-refractivity contribution is -0.389. The molecular formula is C42H43IN2O10. The average Bonchev–Trinajstić information content (AvgIpc) is 3.22. The van der Waals surface area contributed by atoms with Gasteiger partial charge in [0.1, 0.15) is 37.1 Å². The van der Waals surface area contributed by atoms with Crippen LogP contribution >= 0.6 is 22.6 Å². The maximum atomic E-state index is 13.1. The van der Waals surface area contributed by atoms with Crippen molar-refractivity contribution in [1.82, 2.24) is 5.32 Å². The number of methoxy groups -OCH3 is 1. The van der Waals surface area contributed by atoms with Crippen LogP contribution in [-0.2, 0) is 68.9 Å². The standard InChI is InChI=1S/C42H43IN2O10/c1-28(35(39(46)48-2)45-41(47)51-25-31-18-10-5-11-19-31)53-40-38(50-24-30-16-8-4-9-17-30)37(49-23-29-14-6-3-7-15-29)36-34(54-40)26-52-42(27-44,55-36)22-32-20-12-13-21-33(32)43/h3-21,28,34-38,40H,22-26H2,1-2H3,(H,45,47)/t28-,34-,35+,36-,37+,38+,40-,42?/m1/s1. The van der Waals surface area contributed by atoms with Crippen molar-refractivity contribution in [3.63, 3.8) is 0 Å². The lowest BCUT2D eigenvalue weighted by Gasteiger charge is -2.51. The van der Waals surface area contributed by atoms with E-state index in [4.69, 9.17) is 37.9 Å². The second-order valence-electron chi connectivity index (χ2n) is 13.1. The fraction of sp³-hybridized carbons (Fsp3) is 0.357. The zero-order valence-electron chi connectivity index (χ0n) is 30.5. The number of esters is 1. The largest absolute Gasteiger partial charge is 0.467 e. The number of benzene rings is 4. The van der Waals surface area contributed by atoms with Crippen LogP contribution in [0.2, 0.25) is 0 Å². The third-order valence-corrected chi connectivity index (χ3v) is 10.3. The van der Waals surface area contributed by atoms with Gasteiger partial charge in [-0.3, -0.25) is 0 Å². The average molecular weight is 863 g/mol. The molecule has 8 atom stereocenters. The third kappa shape index (κ3) is 10.7. The van der Waals surface area contributed by atoms with E-state index >= 15 is 0 Å². The number of fused-ring (bicyclic) bond motifs is 1. The molecule has 0 bridgehead atoms. The number of amides is 1. The number of ether oxygens (including phenoxy) is 8. The smallest absolute Gasteiger partial charge is 0.408 e. The predicted molar refractivity (Wildman–Crippen MR) is 207 cm³/mol. The summed E-state index contributed by atoms with van der Waals surface area (Å²) in [6.07, 6.45) is -6.27. The number of nitriles is 1. The van der Waals surface area contributed by atoms with Gasteiger partial charge in [-0.05, 0) is 57.8 Å². The van der Waals surface area contributed by atoms with Crippen molar-refractivity contribution in [2.45, 2.75) is 81.8 Å². The van der Waals surface area contributed by atoms with Crippen molar-refractivity contribution >= 4 is 34.7 Å². The molecular weight excluding hydrogens is 819 g/mol. The Morgan fingerprint density at radius 1 is 0.855 bits per heavy atom. The van der Waals surface area contributed by atoms with E-state index in [-0.39, 0.29) is 32.8 Å². The van der Waals surface area contributed by atoms with Gasteiger partial charge >= 0.3 is 12.1 Å². The molecule has 288 valence electrons. The van der Waals surface area contributed by atoms with Gasteiger partial charge in [0.15, 0.2) is 12.3 Å². The summed E-state index contributed by atoms with van der Waals surface area (Å²) in [6, 6.07) is 37.1. The van der Waals surface area contributed by atoms with Gasteiger partial charge in [-0.15, -0.1) is 0 Å². The molecule has 4 aromatic carbocycles. The number of carbonyl (C=O) groups is 2. The van der Waals surface area contributed by atoms with Crippen LogP contribution in [0.4, 0.5) is 4.79 Å². The highest BCUT2D eigenvalue weighted by Gasteiger charge is 2.56. The van der Waals surface area contributed by atoms with Gasteiger partial charge in [0.2, 0.25) is 0 Å². The molecule has 2 saturated heterocycles. The van der Waals surface area contributed by atoms with Crippen molar-refractivity contribution < 1.29 is 47.5 Å². The van der Waals surface area contributed by atoms with E-state index in [1.807, 2.05) is 115 Å². The summed E-state index contributed by atoms with van der Waals surface area (Å²) in [4.78, 5) is 26.0. The second kappa shape index (κ2) is 19.5. The van der Waals surface area contributed by atoms with Crippen molar-refractivity contribution in [2.24, 2.45) is 0 Å². The van der Waals surface area contributed by atoms with Crippen LogP contribution in [0.5, 0.6) is 0 Å². The van der Waals surface area contributed by atoms with Crippen LogP contribution in [-0.4, -0.2) is 74.4 Å². The Bertz CT molecular complexity index is 1880. The van der Waals surface area contributed by atoms with Gasteiger partial charge in [0.25, 0.3) is 5.79 Å². The summed E-state index contributed by atoms with van der Waals surface area (Å²) in [5.41, 5.74) is 3.45. The van der Waals surface area contributed by atoms with Crippen molar-refractivity contribution in [3.8, 4) is 6.07 Å². The highest BCUT2D eigenvalue weighted by Crippen LogP contribution is 2.38. The lowest BCUT2D eigenvalue weighted by atomic mass is 9.95. The summed E-state index contributed by atoms with van der Waals surface area (Å²) in [7, 11) is 1.22. The number of rotatable bonds is 15. The predicted octanol–water partition coefficient (Wildman–Crippen LogP) is 6.24. The number of carbonyl (C=O) groups excluding carboxylic acids is 2. The van der Waals surface area contributed by atoms with E-state index in [0.29, 0.717) is 0 Å². The second-order valence-corrected chi connectivity index (χ2v) is 14.3. The van der Waals surface area contributed by atoms with Crippen LogP contribution in [0.3, 0.4) is 0 Å². The third-order valence-electron chi connectivity index (χ3n) is 9.28. The Morgan fingerprint density at radius 2 is 1.42 bits per heavy atom. The fourth-order valence-corrected chi connectivity index (χ4v) is 6.97. The molecule has 2 fully saturated rings. The minimum Gasteiger partial charge on any atom is -0.467 e. The van der Waals surface area contributed by atoms with Crippen LogP contribution in [0.15, 0.2) is 115 Å².